The molecule has 1 aromatic rings. The van der Waals surface area contributed by atoms with Crippen molar-refractivity contribution < 1.29 is 14.5 Å². The van der Waals surface area contributed by atoms with Gasteiger partial charge in [0, 0.05) is 30.3 Å². The number of rotatable bonds is 2. The minimum atomic E-state index is -0.442. The maximum absolute atomic E-state index is 12.4. The number of nitrogens with zero attached hydrogens (tertiary/aromatic N) is 2. The number of amides is 1. The fourth-order valence-electron chi connectivity index (χ4n) is 2.52. The average molecular weight is 278 g/mol. The summed E-state index contributed by atoms with van der Waals surface area (Å²) < 4.78 is 5.59. The average Bonchev–Trinajstić information content (AvgIpc) is 2.36. The van der Waals surface area contributed by atoms with Crippen molar-refractivity contribution in [1.82, 2.24) is 4.90 Å². The summed E-state index contributed by atoms with van der Waals surface area (Å²) in [6.45, 7) is 6.58. The van der Waals surface area contributed by atoms with Gasteiger partial charge in [-0.15, -0.1) is 0 Å². The molecule has 2 atom stereocenters. The van der Waals surface area contributed by atoms with Crippen LogP contribution < -0.4 is 0 Å². The van der Waals surface area contributed by atoms with Gasteiger partial charge in [-0.3, -0.25) is 14.9 Å². The van der Waals surface area contributed by atoms with Crippen LogP contribution in [0.3, 0.4) is 0 Å². The van der Waals surface area contributed by atoms with Crippen molar-refractivity contribution in [2.45, 2.75) is 33.0 Å². The van der Waals surface area contributed by atoms with E-state index in [4.69, 9.17) is 4.74 Å². The zero-order valence-corrected chi connectivity index (χ0v) is 11.8. The van der Waals surface area contributed by atoms with E-state index in [1.807, 2.05) is 13.8 Å². The van der Waals surface area contributed by atoms with Crippen LogP contribution in [-0.2, 0) is 4.74 Å². The molecule has 1 saturated heterocycles. The SMILES string of the molecule is Cc1cc(C(=O)N2C[C@@H](C)O[C@@H](C)C2)ccc1[N+](=O)[O-]. The van der Waals surface area contributed by atoms with Crippen molar-refractivity contribution in [1.29, 1.82) is 0 Å². The lowest BCUT2D eigenvalue weighted by atomic mass is 10.1. The molecule has 0 aromatic heterocycles. The molecule has 0 radical (unpaired) electrons. The van der Waals surface area contributed by atoms with Crippen molar-refractivity contribution in [2.75, 3.05) is 13.1 Å². The van der Waals surface area contributed by atoms with Crippen molar-refractivity contribution in [3.63, 3.8) is 0 Å². The van der Waals surface area contributed by atoms with Gasteiger partial charge in [0.1, 0.15) is 0 Å². The van der Waals surface area contributed by atoms with Gasteiger partial charge in [-0.1, -0.05) is 0 Å². The first-order chi connectivity index (χ1) is 9.38. The Balaban J connectivity index is 2.21. The Hall–Kier alpha value is -1.95. The Morgan fingerprint density at radius 1 is 1.35 bits per heavy atom. The number of morpholine rings is 1. The largest absolute Gasteiger partial charge is 0.372 e. The van der Waals surface area contributed by atoms with Gasteiger partial charge in [0.25, 0.3) is 11.6 Å². The van der Waals surface area contributed by atoms with E-state index in [2.05, 4.69) is 0 Å². The molecule has 1 aliphatic heterocycles. The first-order valence-electron chi connectivity index (χ1n) is 6.58. The quantitative estimate of drug-likeness (QED) is 0.613. The van der Waals surface area contributed by atoms with Gasteiger partial charge in [0.2, 0.25) is 0 Å². The molecule has 108 valence electrons. The van der Waals surface area contributed by atoms with E-state index in [0.717, 1.165) is 0 Å². The second kappa shape index (κ2) is 5.58. The second-order valence-corrected chi connectivity index (χ2v) is 5.23. The number of aryl methyl sites for hydroxylation is 1. The highest BCUT2D eigenvalue weighted by Crippen LogP contribution is 2.21. The molecular formula is C14H18N2O4. The first-order valence-corrected chi connectivity index (χ1v) is 6.58. The molecule has 0 aliphatic carbocycles. The maximum Gasteiger partial charge on any atom is 0.272 e. The van der Waals surface area contributed by atoms with Crippen LogP contribution in [0.25, 0.3) is 0 Å². The summed E-state index contributed by atoms with van der Waals surface area (Å²) in [7, 11) is 0. The zero-order chi connectivity index (χ0) is 14.9. The molecule has 2 rings (SSSR count). The molecule has 0 spiro atoms. The molecule has 0 bridgehead atoms. The van der Waals surface area contributed by atoms with Gasteiger partial charge in [0.05, 0.1) is 17.1 Å². The van der Waals surface area contributed by atoms with Gasteiger partial charge in [-0.25, -0.2) is 0 Å². The van der Waals surface area contributed by atoms with Gasteiger partial charge < -0.3 is 9.64 Å². The highest BCUT2D eigenvalue weighted by Gasteiger charge is 2.27. The number of hydrogen-bond donors (Lipinski definition) is 0. The summed E-state index contributed by atoms with van der Waals surface area (Å²) in [6, 6.07) is 4.47. The van der Waals surface area contributed by atoms with E-state index in [1.165, 1.54) is 12.1 Å². The number of nitro groups is 1. The third-order valence-electron chi connectivity index (χ3n) is 3.35. The van der Waals surface area contributed by atoms with E-state index >= 15 is 0 Å². The molecule has 1 heterocycles. The molecule has 20 heavy (non-hydrogen) atoms. The van der Waals surface area contributed by atoms with Crippen LogP contribution in [0.1, 0.15) is 29.8 Å². The van der Waals surface area contributed by atoms with Crippen LogP contribution in [0.5, 0.6) is 0 Å². The normalized spacial score (nSPS) is 22.6. The van der Waals surface area contributed by atoms with Crippen molar-refractivity contribution >= 4 is 11.6 Å². The summed E-state index contributed by atoms with van der Waals surface area (Å²) in [5.41, 5.74) is 1.01. The third-order valence-corrected chi connectivity index (χ3v) is 3.35. The standard InChI is InChI=1S/C14H18N2O4/c1-9-6-12(4-5-13(9)16(18)19)14(17)15-7-10(2)20-11(3)8-15/h4-6,10-11H,7-8H2,1-3H3/t10-,11+. The molecule has 0 saturated carbocycles. The summed E-state index contributed by atoms with van der Waals surface area (Å²) in [4.78, 5) is 24.5. The lowest BCUT2D eigenvalue weighted by Gasteiger charge is -2.35. The van der Waals surface area contributed by atoms with Gasteiger partial charge in [-0.05, 0) is 32.9 Å². The Bertz CT molecular complexity index is 534. The van der Waals surface area contributed by atoms with Gasteiger partial charge in [-0.2, -0.15) is 0 Å². The first kappa shape index (κ1) is 14.5. The predicted octanol–water partition coefficient (Wildman–Crippen LogP) is 2.15. The molecule has 1 fully saturated rings. The maximum atomic E-state index is 12.4. The van der Waals surface area contributed by atoms with Gasteiger partial charge in [0.15, 0.2) is 0 Å². The predicted molar refractivity (Wildman–Crippen MR) is 73.7 cm³/mol. The van der Waals surface area contributed by atoms with Crippen molar-refractivity contribution in [2.24, 2.45) is 0 Å². The van der Waals surface area contributed by atoms with E-state index in [-0.39, 0.29) is 23.8 Å². The Labute approximate surface area is 117 Å². The molecule has 1 amide bonds. The molecule has 0 unspecified atom stereocenters. The van der Waals surface area contributed by atoms with Crippen molar-refractivity contribution in [3.8, 4) is 0 Å². The third kappa shape index (κ3) is 2.96. The lowest BCUT2D eigenvalue weighted by molar-refractivity contribution is -0.385. The van der Waals surface area contributed by atoms with Crippen LogP contribution >= 0.6 is 0 Å². The van der Waals surface area contributed by atoms with Crippen LogP contribution in [0.2, 0.25) is 0 Å². The summed E-state index contributed by atoms with van der Waals surface area (Å²) >= 11 is 0. The number of ether oxygens (including phenoxy) is 1. The molecule has 0 N–H and O–H groups in total. The topological polar surface area (TPSA) is 72.7 Å². The number of carbonyl (C=O) groups excluding carboxylic acids is 1. The minimum absolute atomic E-state index is 0.00171. The summed E-state index contributed by atoms with van der Waals surface area (Å²) in [5.74, 6) is -0.106. The van der Waals surface area contributed by atoms with E-state index in [9.17, 15) is 14.9 Å². The smallest absolute Gasteiger partial charge is 0.272 e. The fourth-order valence-corrected chi connectivity index (χ4v) is 2.52. The number of carbonyl (C=O) groups is 1. The van der Waals surface area contributed by atoms with Crippen LogP contribution in [0, 0.1) is 17.0 Å². The second-order valence-electron chi connectivity index (χ2n) is 5.23. The van der Waals surface area contributed by atoms with Crippen LogP contribution in [-0.4, -0.2) is 41.0 Å². The minimum Gasteiger partial charge on any atom is -0.372 e. The number of nitro benzene ring substituents is 1. The summed E-state index contributed by atoms with van der Waals surface area (Å²) in [5, 5.41) is 10.8. The highest BCUT2D eigenvalue weighted by atomic mass is 16.6. The Kier molecular flexibility index (Phi) is 4.04. The zero-order valence-electron chi connectivity index (χ0n) is 11.8. The fraction of sp³-hybridized carbons (Fsp3) is 0.500. The lowest BCUT2D eigenvalue weighted by Crippen LogP contribution is -2.48. The molecular weight excluding hydrogens is 260 g/mol. The Morgan fingerprint density at radius 2 is 1.95 bits per heavy atom. The molecule has 6 heteroatoms. The van der Waals surface area contributed by atoms with E-state index in [0.29, 0.717) is 24.2 Å². The van der Waals surface area contributed by atoms with E-state index in [1.54, 1.807) is 17.9 Å². The molecule has 1 aliphatic rings. The Morgan fingerprint density at radius 3 is 2.45 bits per heavy atom. The number of benzene rings is 1. The van der Waals surface area contributed by atoms with Crippen LogP contribution in [0.15, 0.2) is 18.2 Å². The highest BCUT2D eigenvalue weighted by molar-refractivity contribution is 5.94. The van der Waals surface area contributed by atoms with E-state index < -0.39 is 4.92 Å². The van der Waals surface area contributed by atoms with Crippen molar-refractivity contribution in [3.05, 3.63) is 39.4 Å². The molecule has 1 aromatic carbocycles. The van der Waals surface area contributed by atoms with Gasteiger partial charge >= 0.3 is 0 Å². The monoisotopic (exact) mass is 278 g/mol. The van der Waals surface area contributed by atoms with Crippen LogP contribution in [0.4, 0.5) is 5.69 Å². The number of hydrogen-bond acceptors (Lipinski definition) is 4. The summed E-state index contributed by atoms with van der Waals surface area (Å²) in [6.07, 6.45) is 0.00342. The molecule has 6 nitrogen and oxygen atoms in total.